The minimum atomic E-state index is -0.422. The predicted molar refractivity (Wildman–Crippen MR) is 93.9 cm³/mol. The van der Waals surface area contributed by atoms with Crippen LogP contribution in [0.5, 0.6) is 5.75 Å². The van der Waals surface area contributed by atoms with Crippen LogP contribution >= 0.6 is 15.9 Å². The maximum absolute atomic E-state index is 11.2. The van der Waals surface area contributed by atoms with E-state index in [0.717, 1.165) is 21.3 Å². The zero-order chi connectivity index (χ0) is 17.6. The van der Waals surface area contributed by atoms with Crippen LogP contribution in [0, 0.1) is 0 Å². The fourth-order valence-electron chi connectivity index (χ4n) is 2.10. The summed E-state index contributed by atoms with van der Waals surface area (Å²) in [6, 6.07) is 15.3. The summed E-state index contributed by atoms with van der Waals surface area (Å²) >= 11 is 3.45. The Morgan fingerprint density at radius 2 is 1.88 bits per heavy atom. The summed E-state index contributed by atoms with van der Waals surface area (Å²) in [5, 5.41) is 7.79. The number of halogens is 1. The highest BCUT2D eigenvalue weighted by Gasteiger charge is 2.12. The fourth-order valence-corrected chi connectivity index (χ4v) is 2.50. The number of para-hydroxylation sites is 1. The van der Waals surface area contributed by atoms with Crippen molar-refractivity contribution in [3.63, 3.8) is 0 Å². The Bertz CT molecular complexity index is 862. The third-order valence-corrected chi connectivity index (χ3v) is 4.08. The van der Waals surface area contributed by atoms with Gasteiger partial charge in [-0.25, -0.2) is 0 Å². The van der Waals surface area contributed by atoms with Gasteiger partial charge in [-0.05, 0) is 45.8 Å². The van der Waals surface area contributed by atoms with Gasteiger partial charge in [0.25, 0.3) is 0 Å². The Hall–Kier alpha value is -2.67. The molecular weight excluding hydrogens is 388 g/mol. The summed E-state index contributed by atoms with van der Waals surface area (Å²) in [5.41, 5.74) is 1.78. The average molecular weight is 403 g/mol. The highest BCUT2D eigenvalue weighted by molar-refractivity contribution is 9.10. The third-order valence-electron chi connectivity index (χ3n) is 3.42. The van der Waals surface area contributed by atoms with Gasteiger partial charge in [-0.15, -0.1) is 10.2 Å². The first-order valence-corrected chi connectivity index (χ1v) is 8.31. The lowest BCUT2D eigenvalue weighted by Crippen LogP contribution is -2.04. The Labute approximate surface area is 152 Å². The molecule has 0 aliphatic rings. The molecule has 0 saturated heterocycles. The molecule has 0 amide bonds. The van der Waals surface area contributed by atoms with Gasteiger partial charge < -0.3 is 13.9 Å². The van der Waals surface area contributed by atoms with Crippen LogP contribution in [0.2, 0.25) is 0 Å². The number of benzene rings is 2. The van der Waals surface area contributed by atoms with E-state index in [1.807, 2.05) is 48.5 Å². The summed E-state index contributed by atoms with van der Waals surface area (Å²) in [7, 11) is 1.31. The summed E-state index contributed by atoms with van der Waals surface area (Å²) < 4.78 is 16.7. The van der Waals surface area contributed by atoms with Crippen LogP contribution in [-0.2, 0) is 22.6 Å². The van der Waals surface area contributed by atoms with E-state index in [9.17, 15) is 4.79 Å². The molecule has 0 fully saturated rings. The molecule has 128 valence electrons. The van der Waals surface area contributed by atoms with Crippen molar-refractivity contribution in [2.24, 2.45) is 0 Å². The second kappa shape index (κ2) is 7.94. The lowest BCUT2D eigenvalue weighted by atomic mass is 10.1. The van der Waals surface area contributed by atoms with Crippen molar-refractivity contribution < 1.29 is 18.7 Å². The molecule has 0 atom stereocenters. The van der Waals surface area contributed by atoms with Gasteiger partial charge in [0.1, 0.15) is 18.8 Å². The van der Waals surface area contributed by atoms with Crippen molar-refractivity contribution in [3.05, 3.63) is 64.5 Å². The van der Waals surface area contributed by atoms with E-state index in [0.29, 0.717) is 12.5 Å². The first kappa shape index (κ1) is 17.2. The molecule has 0 N–H and O–H groups in total. The van der Waals surface area contributed by atoms with Crippen LogP contribution in [0.4, 0.5) is 0 Å². The molecule has 1 heterocycles. The van der Waals surface area contributed by atoms with Gasteiger partial charge in [0.15, 0.2) is 0 Å². The number of aromatic nitrogens is 2. The maximum atomic E-state index is 11.2. The molecule has 0 unspecified atom stereocenters. The predicted octanol–water partition coefficient (Wildman–Crippen LogP) is 3.79. The molecule has 3 aromatic rings. The van der Waals surface area contributed by atoms with E-state index >= 15 is 0 Å². The van der Waals surface area contributed by atoms with Crippen LogP contribution in [0.25, 0.3) is 11.5 Å². The topological polar surface area (TPSA) is 74.5 Å². The first-order valence-electron chi connectivity index (χ1n) is 7.51. The van der Waals surface area contributed by atoms with Gasteiger partial charge in [-0.2, -0.15) is 0 Å². The molecule has 0 aliphatic heterocycles. The van der Waals surface area contributed by atoms with Gasteiger partial charge >= 0.3 is 5.97 Å². The molecule has 0 saturated carbocycles. The monoisotopic (exact) mass is 402 g/mol. The summed E-state index contributed by atoms with van der Waals surface area (Å²) in [5.74, 6) is 0.950. The van der Waals surface area contributed by atoms with Crippen LogP contribution in [0.3, 0.4) is 0 Å². The normalized spacial score (nSPS) is 10.5. The van der Waals surface area contributed by atoms with Gasteiger partial charge in [0.05, 0.1) is 11.6 Å². The van der Waals surface area contributed by atoms with E-state index < -0.39 is 5.97 Å². The van der Waals surface area contributed by atoms with E-state index in [2.05, 4.69) is 30.9 Å². The Morgan fingerprint density at radius 3 is 2.60 bits per heavy atom. The van der Waals surface area contributed by atoms with E-state index in [-0.39, 0.29) is 12.3 Å². The second-order valence-electron chi connectivity index (χ2n) is 5.17. The van der Waals surface area contributed by atoms with Crippen LogP contribution in [-0.4, -0.2) is 23.3 Å². The van der Waals surface area contributed by atoms with E-state index in [1.54, 1.807) is 0 Å². The van der Waals surface area contributed by atoms with E-state index in [4.69, 9.17) is 9.15 Å². The van der Waals surface area contributed by atoms with Crippen LogP contribution < -0.4 is 4.74 Å². The number of hydrogen-bond donors (Lipinski definition) is 0. The van der Waals surface area contributed by atoms with Crippen molar-refractivity contribution in [1.29, 1.82) is 0 Å². The Kier molecular flexibility index (Phi) is 5.45. The Morgan fingerprint density at radius 1 is 1.12 bits per heavy atom. The number of methoxy groups -OCH3 is 1. The molecule has 25 heavy (non-hydrogen) atoms. The smallest absolute Gasteiger partial charge is 0.315 e. The summed E-state index contributed by atoms with van der Waals surface area (Å²) in [4.78, 5) is 11.2. The lowest BCUT2D eigenvalue weighted by molar-refractivity contribution is -0.140. The van der Waals surface area contributed by atoms with Gasteiger partial charge in [0, 0.05) is 5.56 Å². The molecule has 1 aromatic heterocycles. The summed E-state index contributed by atoms with van der Waals surface area (Å²) in [6.45, 7) is 0.445. The van der Waals surface area contributed by atoms with Crippen LogP contribution in [0.15, 0.2) is 57.4 Å². The quantitative estimate of drug-likeness (QED) is 0.583. The van der Waals surface area contributed by atoms with Gasteiger partial charge in [-0.3, -0.25) is 4.79 Å². The average Bonchev–Trinajstić information content (AvgIpc) is 3.10. The lowest BCUT2D eigenvalue weighted by Gasteiger charge is -2.08. The van der Waals surface area contributed by atoms with E-state index in [1.165, 1.54) is 7.11 Å². The minimum absolute atomic E-state index is 0.0403. The standard InChI is InChI=1S/C18H15BrN2O4/c1-23-17(22)10-16-20-21-18(25-16)13-8-6-12(7-9-13)11-24-15-5-3-2-4-14(15)19/h2-9H,10-11H2,1H3. The molecule has 2 aromatic carbocycles. The number of esters is 1. The number of hydrogen-bond acceptors (Lipinski definition) is 6. The molecule has 0 radical (unpaired) electrons. The zero-order valence-electron chi connectivity index (χ0n) is 13.4. The highest BCUT2D eigenvalue weighted by Crippen LogP contribution is 2.25. The van der Waals surface area contributed by atoms with Crippen molar-refractivity contribution in [3.8, 4) is 17.2 Å². The minimum Gasteiger partial charge on any atom is -0.488 e. The Balaban J connectivity index is 1.64. The van der Waals surface area contributed by atoms with Crippen LogP contribution in [0.1, 0.15) is 11.5 Å². The fraction of sp³-hybridized carbons (Fsp3) is 0.167. The first-order chi connectivity index (χ1) is 12.2. The molecule has 6 nitrogen and oxygen atoms in total. The van der Waals surface area contributed by atoms with Gasteiger partial charge in [0.2, 0.25) is 11.8 Å². The molecule has 0 bridgehead atoms. The maximum Gasteiger partial charge on any atom is 0.315 e. The highest BCUT2D eigenvalue weighted by atomic mass is 79.9. The third kappa shape index (κ3) is 4.45. The molecular formula is C18H15BrN2O4. The van der Waals surface area contributed by atoms with Crippen molar-refractivity contribution in [1.82, 2.24) is 10.2 Å². The van der Waals surface area contributed by atoms with Crippen molar-refractivity contribution in [2.75, 3.05) is 7.11 Å². The second-order valence-corrected chi connectivity index (χ2v) is 6.02. The van der Waals surface area contributed by atoms with Crippen molar-refractivity contribution >= 4 is 21.9 Å². The number of rotatable bonds is 6. The molecule has 3 rings (SSSR count). The number of carbonyl (C=O) groups is 1. The SMILES string of the molecule is COC(=O)Cc1nnc(-c2ccc(COc3ccccc3Br)cc2)o1. The zero-order valence-corrected chi connectivity index (χ0v) is 15.0. The number of nitrogens with zero attached hydrogens (tertiary/aromatic N) is 2. The number of carbonyl (C=O) groups excluding carboxylic acids is 1. The van der Waals surface area contributed by atoms with Gasteiger partial charge in [-0.1, -0.05) is 24.3 Å². The largest absolute Gasteiger partial charge is 0.488 e. The number of ether oxygens (including phenoxy) is 2. The molecule has 0 aliphatic carbocycles. The molecule has 0 spiro atoms. The molecule has 7 heteroatoms. The summed E-state index contributed by atoms with van der Waals surface area (Å²) in [6.07, 6.45) is -0.0403. The van der Waals surface area contributed by atoms with Crippen molar-refractivity contribution in [2.45, 2.75) is 13.0 Å².